The van der Waals surface area contributed by atoms with E-state index < -0.39 is 34.3 Å². The van der Waals surface area contributed by atoms with Crippen LogP contribution in [0.25, 0.3) is 0 Å². The van der Waals surface area contributed by atoms with Crippen molar-refractivity contribution in [2.75, 3.05) is 24.0 Å². The van der Waals surface area contributed by atoms with Crippen molar-refractivity contribution in [3.8, 4) is 5.75 Å². The summed E-state index contributed by atoms with van der Waals surface area (Å²) in [4.78, 5) is 29.5. The van der Waals surface area contributed by atoms with Gasteiger partial charge in [-0.1, -0.05) is 65.3 Å². The van der Waals surface area contributed by atoms with Gasteiger partial charge in [-0.05, 0) is 85.1 Å². The second-order valence-corrected chi connectivity index (χ2v) is 13.3. The van der Waals surface area contributed by atoms with Crippen LogP contribution in [0.2, 0.25) is 0 Å². The molecule has 11 heteroatoms. The molecule has 1 unspecified atom stereocenters. The molecule has 0 aliphatic rings. The first kappa shape index (κ1) is 34.6. The maximum absolute atomic E-state index is 14.4. The van der Waals surface area contributed by atoms with Gasteiger partial charge in [0.1, 0.15) is 24.2 Å². The van der Waals surface area contributed by atoms with Crippen LogP contribution in [0.4, 0.5) is 10.1 Å². The number of ether oxygens (including phenoxy) is 1. The maximum atomic E-state index is 14.4. The van der Waals surface area contributed by atoms with Crippen LogP contribution in [0.15, 0.2) is 112 Å². The Bertz CT molecular complexity index is 1700. The number of nitrogens with one attached hydrogen (secondary N) is 1. The molecule has 0 radical (unpaired) electrons. The molecule has 1 N–H and O–H groups in total. The van der Waals surface area contributed by atoms with Gasteiger partial charge in [-0.25, -0.2) is 12.8 Å². The average Bonchev–Trinajstić information content (AvgIpc) is 3.05. The Morgan fingerprint density at radius 3 is 2.20 bits per heavy atom. The third-order valence-corrected chi connectivity index (χ3v) is 9.46. The number of sulfonamides is 1. The SMILES string of the molecule is CCCNC(=O)C(Cc1ccccc1)N(Cc1cccc(Br)c1)C(=O)CN(c1ccc(F)cc1)S(=O)(=O)c1ccc(OCC)cc1. The lowest BCUT2D eigenvalue weighted by Gasteiger charge is -2.34. The second-order valence-electron chi connectivity index (χ2n) is 10.5. The molecular weight excluding hydrogens is 673 g/mol. The molecule has 46 heavy (non-hydrogen) atoms. The minimum atomic E-state index is -4.33. The van der Waals surface area contributed by atoms with E-state index in [-0.39, 0.29) is 29.5 Å². The zero-order chi connectivity index (χ0) is 33.1. The number of halogens is 2. The summed E-state index contributed by atoms with van der Waals surface area (Å²) in [6.45, 7) is 3.98. The number of amides is 2. The van der Waals surface area contributed by atoms with E-state index in [0.717, 1.165) is 32.0 Å². The third-order valence-electron chi connectivity index (χ3n) is 7.18. The number of benzene rings is 4. The fraction of sp³-hybridized carbons (Fsp3) is 0.257. The molecule has 8 nitrogen and oxygen atoms in total. The van der Waals surface area contributed by atoms with E-state index in [4.69, 9.17) is 4.74 Å². The van der Waals surface area contributed by atoms with E-state index in [0.29, 0.717) is 25.3 Å². The average molecular weight is 711 g/mol. The van der Waals surface area contributed by atoms with Crippen molar-refractivity contribution in [1.29, 1.82) is 0 Å². The fourth-order valence-electron chi connectivity index (χ4n) is 4.89. The number of carbonyl (C=O) groups excluding carboxylic acids is 2. The molecule has 0 spiro atoms. The standard InChI is InChI=1S/C35H37BrFN3O5S/c1-3-21-38-35(42)33(23-26-9-6-5-7-10-26)39(24-27-11-8-12-28(36)22-27)34(41)25-40(30-15-13-29(37)14-16-30)46(43,44)32-19-17-31(18-20-32)45-4-2/h5-20,22,33H,3-4,21,23-25H2,1-2H3,(H,38,42). The lowest BCUT2D eigenvalue weighted by Crippen LogP contribution is -2.53. The first-order valence-corrected chi connectivity index (χ1v) is 17.2. The van der Waals surface area contributed by atoms with E-state index in [1.165, 1.54) is 41.3 Å². The van der Waals surface area contributed by atoms with E-state index in [2.05, 4.69) is 21.2 Å². The van der Waals surface area contributed by atoms with Crippen LogP contribution in [-0.2, 0) is 32.6 Å². The van der Waals surface area contributed by atoms with Gasteiger partial charge in [-0.3, -0.25) is 13.9 Å². The fourth-order valence-corrected chi connectivity index (χ4v) is 6.75. The quantitative estimate of drug-likeness (QED) is 0.155. The molecule has 4 aromatic carbocycles. The molecule has 0 aromatic heterocycles. The van der Waals surface area contributed by atoms with Crippen LogP contribution in [0.3, 0.4) is 0 Å². The van der Waals surface area contributed by atoms with E-state index in [9.17, 15) is 22.4 Å². The van der Waals surface area contributed by atoms with Crippen LogP contribution in [0.5, 0.6) is 5.75 Å². The van der Waals surface area contributed by atoms with E-state index in [1.54, 1.807) is 0 Å². The highest BCUT2D eigenvalue weighted by Crippen LogP contribution is 2.27. The number of hydrogen-bond donors (Lipinski definition) is 1. The van der Waals surface area contributed by atoms with Gasteiger partial charge < -0.3 is 15.0 Å². The van der Waals surface area contributed by atoms with Crippen molar-refractivity contribution in [1.82, 2.24) is 10.2 Å². The Balaban J connectivity index is 1.78. The lowest BCUT2D eigenvalue weighted by atomic mass is 10.0. The predicted octanol–water partition coefficient (Wildman–Crippen LogP) is 6.35. The van der Waals surface area contributed by atoms with Crippen molar-refractivity contribution in [3.05, 3.63) is 125 Å². The molecule has 1 atom stereocenters. The van der Waals surface area contributed by atoms with Crippen molar-refractivity contribution >= 4 is 43.5 Å². The van der Waals surface area contributed by atoms with E-state index in [1.807, 2.05) is 68.4 Å². The third kappa shape index (κ3) is 9.17. The Hall–Kier alpha value is -4.22. The maximum Gasteiger partial charge on any atom is 0.264 e. The molecule has 0 aliphatic heterocycles. The highest BCUT2D eigenvalue weighted by Gasteiger charge is 2.34. The first-order valence-electron chi connectivity index (χ1n) is 15.0. The summed E-state index contributed by atoms with van der Waals surface area (Å²) in [5, 5.41) is 2.92. The Kier molecular flexibility index (Phi) is 12.3. The summed E-state index contributed by atoms with van der Waals surface area (Å²) in [5.74, 6) is -1.02. The zero-order valence-corrected chi connectivity index (χ0v) is 28.1. The van der Waals surface area contributed by atoms with Gasteiger partial charge in [0.2, 0.25) is 11.8 Å². The summed E-state index contributed by atoms with van der Waals surface area (Å²) in [5.41, 5.74) is 1.68. The molecule has 0 saturated carbocycles. The largest absolute Gasteiger partial charge is 0.494 e. The molecule has 0 heterocycles. The summed E-state index contributed by atoms with van der Waals surface area (Å²) in [6, 6.07) is 26.5. The van der Waals surface area contributed by atoms with E-state index >= 15 is 0 Å². The minimum absolute atomic E-state index is 0.0374. The van der Waals surface area contributed by atoms with Gasteiger partial charge in [0.05, 0.1) is 17.2 Å². The first-order chi connectivity index (χ1) is 22.1. The topological polar surface area (TPSA) is 96.0 Å². The molecule has 4 aromatic rings. The van der Waals surface area contributed by atoms with Gasteiger partial charge in [-0.15, -0.1) is 0 Å². The number of hydrogen-bond acceptors (Lipinski definition) is 5. The van der Waals surface area contributed by atoms with Crippen molar-refractivity contribution < 1.29 is 27.1 Å². The number of nitrogens with zero attached hydrogens (tertiary/aromatic N) is 2. The Morgan fingerprint density at radius 2 is 1.57 bits per heavy atom. The van der Waals surface area contributed by atoms with Crippen molar-refractivity contribution in [2.45, 2.75) is 44.2 Å². The monoisotopic (exact) mass is 709 g/mol. The Labute approximate surface area is 278 Å². The van der Waals surface area contributed by atoms with Gasteiger partial charge in [0.15, 0.2) is 0 Å². The summed E-state index contributed by atoms with van der Waals surface area (Å²) < 4.78 is 49.4. The summed E-state index contributed by atoms with van der Waals surface area (Å²) in [7, 11) is -4.33. The molecule has 2 amide bonds. The summed E-state index contributed by atoms with van der Waals surface area (Å²) >= 11 is 3.48. The Morgan fingerprint density at radius 1 is 0.891 bits per heavy atom. The molecule has 0 saturated heterocycles. The number of rotatable bonds is 15. The lowest BCUT2D eigenvalue weighted by molar-refractivity contribution is -0.140. The molecular formula is C35H37BrFN3O5S. The van der Waals surface area contributed by atoms with Gasteiger partial charge in [0.25, 0.3) is 10.0 Å². The smallest absolute Gasteiger partial charge is 0.264 e. The molecule has 0 bridgehead atoms. The minimum Gasteiger partial charge on any atom is -0.494 e. The number of anilines is 1. The van der Waals surface area contributed by atoms with Crippen molar-refractivity contribution in [2.24, 2.45) is 0 Å². The van der Waals surface area contributed by atoms with Gasteiger partial charge in [-0.2, -0.15) is 0 Å². The van der Waals surface area contributed by atoms with Crippen molar-refractivity contribution in [3.63, 3.8) is 0 Å². The molecule has 0 fully saturated rings. The molecule has 4 rings (SSSR count). The highest BCUT2D eigenvalue weighted by molar-refractivity contribution is 9.10. The van der Waals surface area contributed by atoms with Crippen LogP contribution in [0.1, 0.15) is 31.4 Å². The van der Waals surface area contributed by atoms with Crippen LogP contribution in [0, 0.1) is 5.82 Å². The molecule has 0 aliphatic carbocycles. The zero-order valence-electron chi connectivity index (χ0n) is 25.7. The second kappa shape index (κ2) is 16.4. The highest BCUT2D eigenvalue weighted by atomic mass is 79.9. The van der Waals surface area contributed by atoms with Gasteiger partial charge in [0, 0.05) is 24.0 Å². The van der Waals surface area contributed by atoms with Crippen LogP contribution >= 0.6 is 15.9 Å². The van der Waals surface area contributed by atoms with Crippen LogP contribution in [-0.4, -0.2) is 50.9 Å². The predicted molar refractivity (Wildman–Crippen MR) is 180 cm³/mol. The van der Waals surface area contributed by atoms with Crippen LogP contribution < -0.4 is 14.4 Å². The number of carbonyl (C=O) groups is 2. The normalized spacial score (nSPS) is 11.8. The summed E-state index contributed by atoms with van der Waals surface area (Å²) in [6.07, 6.45) is 0.903. The van der Waals surface area contributed by atoms with Gasteiger partial charge >= 0.3 is 0 Å². The molecule has 242 valence electrons.